The number of hydrogen-bond donors (Lipinski definition) is 2. The fourth-order valence-electron chi connectivity index (χ4n) is 2.38. The molecule has 1 aromatic carbocycles. The van der Waals surface area contributed by atoms with Crippen LogP contribution in [0.2, 0.25) is 0 Å². The van der Waals surface area contributed by atoms with Gasteiger partial charge < -0.3 is 4.74 Å². The summed E-state index contributed by atoms with van der Waals surface area (Å²) < 4.78 is 20.0. The van der Waals surface area contributed by atoms with Crippen LogP contribution in [0.1, 0.15) is 30.9 Å². The minimum atomic E-state index is -0.215. The van der Waals surface area contributed by atoms with Gasteiger partial charge in [0.1, 0.15) is 5.82 Å². The number of nitrogens with two attached hydrogens (primary N) is 1. The maximum Gasteiger partial charge on any atom is 0.128 e. The Kier molecular flexibility index (Phi) is 5.12. The SMILES string of the molecule is NNC(CC1CCOCC1)c1cc(Br)ccc1F. The molecule has 0 bridgehead atoms. The lowest BCUT2D eigenvalue weighted by Gasteiger charge is -2.26. The van der Waals surface area contributed by atoms with Crippen molar-refractivity contribution in [2.45, 2.75) is 25.3 Å². The van der Waals surface area contributed by atoms with E-state index >= 15 is 0 Å². The lowest BCUT2D eigenvalue weighted by atomic mass is 9.89. The first-order valence-electron chi connectivity index (χ1n) is 6.19. The zero-order valence-electron chi connectivity index (χ0n) is 10.2. The van der Waals surface area contributed by atoms with Gasteiger partial charge in [-0.25, -0.2) is 4.39 Å². The highest BCUT2D eigenvalue weighted by Crippen LogP contribution is 2.29. The van der Waals surface area contributed by atoms with Crippen LogP contribution >= 0.6 is 15.9 Å². The van der Waals surface area contributed by atoms with E-state index in [9.17, 15) is 4.39 Å². The number of nitrogens with one attached hydrogen (secondary N) is 1. The molecule has 3 N–H and O–H groups in total. The van der Waals surface area contributed by atoms with E-state index in [1.165, 1.54) is 6.07 Å². The van der Waals surface area contributed by atoms with E-state index in [0.717, 1.165) is 36.9 Å². The molecule has 2 rings (SSSR count). The molecule has 1 unspecified atom stereocenters. The van der Waals surface area contributed by atoms with Crippen LogP contribution in [0.3, 0.4) is 0 Å². The van der Waals surface area contributed by atoms with Crippen LogP contribution in [0.4, 0.5) is 4.39 Å². The summed E-state index contributed by atoms with van der Waals surface area (Å²) in [6.45, 7) is 1.59. The Balaban J connectivity index is 2.09. The van der Waals surface area contributed by atoms with E-state index in [-0.39, 0.29) is 11.9 Å². The second-order valence-electron chi connectivity index (χ2n) is 4.68. The lowest BCUT2D eigenvalue weighted by Crippen LogP contribution is -2.31. The first-order valence-corrected chi connectivity index (χ1v) is 6.99. The third-order valence-corrected chi connectivity index (χ3v) is 3.94. The lowest BCUT2D eigenvalue weighted by molar-refractivity contribution is 0.0604. The van der Waals surface area contributed by atoms with Crippen LogP contribution < -0.4 is 11.3 Å². The molecule has 1 aliphatic rings. The number of hydrazine groups is 1. The molecule has 0 spiro atoms. The van der Waals surface area contributed by atoms with Crippen molar-refractivity contribution >= 4 is 15.9 Å². The van der Waals surface area contributed by atoms with Crippen LogP contribution in [0.15, 0.2) is 22.7 Å². The molecule has 0 radical (unpaired) electrons. The van der Waals surface area contributed by atoms with Crippen molar-refractivity contribution < 1.29 is 9.13 Å². The van der Waals surface area contributed by atoms with Gasteiger partial charge in [-0.2, -0.15) is 0 Å². The summed E-state index contributed by atoms with van der Waals surface area (Å²) in [5, 5.41) is 0. The summed E-state index contributed by atoms with van der Waals surface area (Å²) >= 11 is 3.36. The maximum atomic E-state index is 13.8. The zero-order valence-corrected chi connectivity index (χ0v) is 11.7. The minimum Gasteiger partial charge on any atom is -0.381 e. The highest BCUT2D eigenvalue weighted by atomic mass is 79.9. The largest absolute Gasteiger partial charge is 0.381 e. The number of ether oxygens (including phenoxy) is 1. The third kappa shape index (κ3) is 3.51. The normalized spacial score (nSPS) is 18.8. The van der Waals surface area contributed by atoms with Crippen molar-refractivity contribution in [3.05, 3.63) is 34.1 Å². The van der Waals surface area contributed by atoms with E-state index in [1.807, 2.05) is 0 Å². The molecule has 1 saturated heterocycles. The monoisotopic (exact) mass is 316 g/mol. The van der Waals surface area contributed by atoms with Gasteiger partial charge in [0.2, 0.25) is 0 Å². The summed E-state index contributed by atoms with van der Waals surface area (Å²) in [6, 6.07) is 4.80. The third-order valence-electron chi connectivity index (χ3n) is 3.44. The van der Waals surface area contributed by atoms with Gasteiger partial charge >= 0.3 is 0 Å². The summed E-state index contributed by atoms with van der Waals surface area (Å²) in [5.74, 6) is 5.90. The van der Waals surface area contributed by atoms with E-state index in [4.69, 9.17) is 10.6 Å². The van der Waals surface area contributed by atoms with Gasteiger partial charge in [-0.3, -0.25) is 11.3 Å². The highest BCUT2D eigenvalue weighted by Gasteiger charge is 2.22. The number of rotatable bonds is 4. The van der Waals surface area contributed by atoms with Crippen LogP contribution in [0.5, 0.6) is 0 Å². The molecule has 1 heterocycles. The quantitative estimate of drug-likeness (QED) is 0.663. The maximum absolute atomic E-state index is 13.8. The van der Waals surface area contributed by atoms with Crippen molar-refractivity contribution in [1.29, 1.82) is 0 Å². The molecule has 1 fully saturated rings. The molecule has 0 aromatic heterocycles. The Labute approximate surface area is 115 Å². The Bertz CT molecular complexity index is 397. The molecule has 1 aromatic rings. The fourth-order valence-corrected chi connectivity index (χ4v) is 2.76. The fraction of sp³-hybridized carbons (Fsp3) is 0.538. The first kappa shape index (κ1) is 13.9. The van der Waals surface area contributed by atoms with Crippen molar-refractivity contribution in [2.24, 2.45) is 11.8 Å². The van der Waals surface area contributed by atoms with Crippen LogP contribution in [0.25, 0.3) is 0 Å². The summed E-state index contributed by atoms with van der Waals surface area (Å²) in [7, 11) is 0. The van der Waals surface area contributed by atoms with Crippen molar-refractivity contribution in [2.75, 3.05) is 13.2 Å². The van der Waals surface area contributed by atoms with E-state index in [1.54, 1.807) is 12.1 Å². The summed E-state index contributed by atoms with van der Waals surface area (Å²) in [4.78, 5) is 0. The highest BCUT2D eigenvalue weighted by molar-refractivity contribution is 9.10. The predicted molar refractivity (Wildman–Crippen MR) is 72.3 cm³/mol. The van der Waals surface area contributed by atoms with Gasteiger partial charge in [-0.15, -0.1) is 0 Å². The average Bonchev–Trinajstić information content (AvgIpc) is 2.40. The van der Waals surface area contributed by atoms with Gasteiger partial charge in [0.15, 0.2) is 0 Å². The number of benzene rings is 1. The molecule has 0 saturated carbocycles. The molecular weight excluding hydrogens is 299 g/mol. The van der Waals surface area contributed by atoms with E-state index in [2.05, 4.69) is 21.4 Å². The van der Waals surface area contributed by atoms with Crippen molar-refractivity contribution in [1.82, 2.24) is 5.43 Å². The Hall–Kier alpha value is -0.490. The van der Waals surface area contributed by atoms with Gasteiger partial charge in [-0.1, -0.05) is 15.9 Å². The van der Waals surface area contributed by atoms with Crippen molar-refractivity contribution in [3.8, 4) is 0 Å². The van der Waals surface area contributed by atoms with E-state index < -0.39 is 0 Å². The van der Waals surface area contributed by atoms with Crippen LogP contribution in [-0.2, 0) is 4.74 Å². The number of halogens is 2. The molecule has 5 heteroatoms. The second kappa shape index (κ2) is 6.61. The molecule has 0 amide bonds. The predicted octanol–water partition coefficient (Wildman–Crippen LogP) is 2.91. The molecule has 3 nitrogen and oxygen atoms in total. The molecule has 1 aliphatic heterocycles. The summed E-state index contributed by atoms with van der Waals surface area (Å²) in [5.41, 5.74) is 3.36. The second-order valence-corrected chi connectivity index (χ2v) is 5.59. The molecular formula is C13H18BrFN2O. The Morgan fingerprint density at radius 2 is 2.17 bits per heavy atom. The molecule has 1 atom stereocenters. The van der Waals surface area contributed by atoms with Crippen LogP contribution in [-0.4, -0.2) is 13.2 Å². The average molecular weight is 317 g/mol. The molecule has 0 aliphatic carbocycles. The van der Waals surface area contributed by atoms with Gasteiger partial charge in [-0.05, 0) is 43.4 Å². The molecule has 100 valence electrons. The first-order chi connectivity index (χ1) is 8.70. The standard InChI is InChI=1S/C13H18BrFN2O/c14-10-1-2-12(15)11(8-10)13(17-16)7-9-3-5-18-6-4-9/h1-2,8-9,13,17H,3-7,16H2. The zero-order chi connectivity index (χ0) is 13.0. The van der Waals surface area contributed by atoms with Gasteiger partial charge in [0.05, 0.1) is 0 Å². The number of hydrogen-bond acceptors (Lipinski definition) is 3. The van der Waals surface area contributed by atoms with E-state index in [0.29, 0.717) is 11.5 Å². The Morgan fingerprint density at radius 1 is 1.44 bits per heavy atom. The molecule has 18 heavy (non-hydrogen) atoms. The van der Waals surface area contributed by atoms with Crippen LogP contribution in [0, 0.1) is 11.7 Å². The Morgan fingerprint density at radius 3 is 2.83 bits per heavy atom. The summed E-state index contributed by atoms with van der Waals surface area (Å²) in [6.07, 6.45) is 2.88. The smallest absolute Gasteiger partial charge is 0.128 e. The van der Waals surface area contributed by atoms with Gasteiger partial charge in [0.25, 0.3) is 0 Å². The van der Waals surface area contributed by atoms with Crippen molar-refractivity contribution in [3.63, 3.8) is 0 Å². The minimum absolute atomic E-state index is 0.148. The van der Waals surface area contributed by atoms with Gasteiger partial charge in [0, 0.05) is 29.3 Å². The topological polar surface area (TPSA) is 47.3 Å².